The summed E-state index contributed by atoms with van der Waals surface area (Å²) in [5.41, 5.74) is 3.17. The predicted molar refractivity (Wildman–Crippen MR) is 119 cm³/mol. The largest absolute Gasteiger partial charge is 0.466 e. The zero-order valence-corrected chi connectivity index (χ0v) is 18.7. The van der Waals surface area contributed by atoms with Crippen LogP contribution in [0.1, 0.15) is 32.4 Å². The van der Waals surface area contributed by atoms with Crippen LogP contribution in [0.3, 0.4) is 0 Å². The van der Waals surface area contributed by atoms with Gasteiger partial charge in [0, 0.05) is 43.2 Å². The van der Waals surface area contributed by atoms with Crippen LogP contribution in [0.2, 0.25) is 0 Å². The van der Waals surface area contributed by atoms with E-state index in [1.54, 1.807) is 11.3 Å². The number of hydrogen-bond acceptors (Lipinski definition) is 7. The van der Waals surface area contributed by atoms with Crippen LogP contribution >= 0.6 is 11.3 Å². The van der Waals surface area contributed by atoms with E-state index in [2.05, 4.69) is 32.6 Å². The number of nitrogens with zero attached hydrogens (tertiary/aromatic N) is 4. The number of amides is 1. The van der Waals surface area contributed by atoms with Gasteiger partial charge in [0.25, 0.3) is 11.6 Å². The van der Waals surface area contributed by atoms with Crippen molar-refractivity contribution < 1.29 is 13.7 Å². The summed E-state index contributed by atoms with van der Waals surface area (Å²) in [5, 5.41) is 6.85. The molecule has 0 atom stereocenters. The van der Waals surface area contributed by atoms with Crippen LogP contribution in [0.4, 0.5) is 0 Å². The fraction of sp³-hybridized carbons (Fsp3) is 0.348. The average molecular weight is 437 g/mol. The fourth-order valence-corrected chi connectivity index (χ4v) is 4.93. The number of hydrogen-bond donors (Lipinski definition) is 0. The quantitative estimate of drug-likeness (QED) is 0.471. The van der Waals surface area contributed by atoms with Crippen molar-refractivity contribution in [2.45, 2.75) is 27.3 Å². The zero-order valence-electron chi connectivity index (χ0n) is 17.8. The summed E-state index contributed by atoms with van der Waals surface area (Å²) in [6.07, 6.45) is 0. The van der Waals surface area contributed by atoms with E-state index in [0.717, 1.165) is 36.7 Å². The lowest BCUT2D eigenvalue weighted by atomic mass is 10.0. The molecule has 0 saturated carbocycles. The monoisotopic (exact) mass is 436 g/mol. The van der Waals surface area contributed by atoms with Crippen LogP contribution in [0.25, 0.3) is 22.4 Å². The summed E-state index contributed by atoms with van der Waals surface area (Å²) in [4.78, 5) is 23.8. The maximum absolute atomic E-state index is 13.6. The van der Waals surface area contributed by atoms with Gasteiger partial charge in [0.1, 0.15) is 11.5 Å². The lowest BCUT2D eigenvalue weighted by molar-refractivity contribution is 0.0631. The molecule has 0 aromatic carbocycles. The Labute approximate surface area is 184 Å². The predicted octanol–water partition coefficient (Wildman–Crippen LogP) is 4.43. The third-order valence-corrected chi connectivity index (χ3v) is 6.64. The van der Waals surface area contributed by atoms with Crippen molar-refractivity contribution in [1.82, 2.24) is 19.9 Å². The van der Waals surface area contributed by atoms with E-state index in [9.17, 15) is 4.79 Å². The molecule has 0 aliphatic carbocycles. The highest BCUT2D eigenvalue weighted by Crippen LogP contribution is 2.31. The van der Waals surface area contributed by atoms with E-state index in [-0.39, 0.29) is 5.91 Å². The highest BCUT2D eigenvalue weighted by molar-refractivity contribution is 7.09. The summed E-state index contributed by atoms with van der Waals surface area (Å²) in [7, 11) is 0. The average Bonchev–Trinajstić information content (AvgIpc) is 3.48. The second kappa shape index (κ2) is 7.94. The lowest BCUT2D eigenvalue weighted by Crippen LogP contribution is -2.48. The molecule has 1 aliphatic rings. The van der Waals surface area contributed by atoms with Gasteiger partial charge in [-0.25, -0.2) is 4.98 Å². The molecule has 0 unspecified atom stereocenters. The number of aromatic nitrogens is 2. The summed E-state index contributed by atoms with van der Waals surface area (Å²) in [6.45, 7) is 9.67. The third-order valence-electron chi connectivity index (χ3n) is 5.78. The number of carbonyl (C=O) groups excluding carboxylic acids is 1. The van der Waals surface area contributed by atoms with Crippen LogP contribution in [0.15, 0.2) is 38.6 Å². The van der Waals surface area contributed by atoms with E-state index in [1.165, 1.54) is 4.88 Å². The van der Waals surface area contributed by atoms with Gasteiger partial charge in [0.2, 0.25) is 0 Å². The molecule has 1 fully saturated rings. The van der Waals surface area contributed by atoms with Crippen LogP contribution in [-0.2, 0) is 6.54 Å². The number of pyridine rings is 1. The summed E-state index contributed by atoms with van der Waals surface area (Å²) < 4.78 is 11.1. The smallest absolute Gasteiger partial charge is 0.259 e. The first kappa shape index (κ1) is 20.0. The Morgan fingerprint density at radius 3 is 2.65 bits per heavy atom. The summed E-state index contributed by atoms with van der Waals surface area (Å²) in [5.74, 6) is 1.56. The Balaban J connectivity index is 1.43. The van der Waals surface area contributed by atoms with Crippen LogP contribution in [-0.4, -0.2) is 52.0 Å². The molecule has 160 valence electrons. The Hall–Kier alpha value is -2.97. The standard InChI is InChI=1S/C23H24N4O3S/c1-14-11-18(16(3)29-14)20-12-19(21-15(2)25-30-22(21)24-20)23(28)27-8-6-26(7-9-27)13-17-5-4-10-31-17/h4-5,10-12H,6-9,13H2,1-3H3. The van der Waals surface area contributed by atoms with E-state index in [4.69, 9.17) is 8.94 Å². The van der Waals surface area contributed by atoms with Gasteiger partial charge in [-0.15, -0.1) is 11.3 Å². The van der Waals surface area contributed by atoms with Crippen molar-refractivity contribution in [3.63, 3.8) is 0 Å². The number of carbonyl (C=O) groups is 1. The van der Waals surface area contributed by atoms with Crippen molar-refractivity contribution in [2.24, 2.45) is 0 Å². The van der Waals surface area contributed by atoms with Gasteiger partial charge in [0.05, 0.1) is 22.3 Å². The summed E-state index contributed by atoms with van der Waals surface area (Å²) in [6, 6.07) is 8.02. The second-order valence-corrected chi connectivity index (χ2v) is 9.01. The number of rotatable bonds is 4. The van der Waals surface area contributed by atoms with Gasteiger partial charge >= 0.3 is 0 Å². The van der Waals surface area contributed by atoms with Gasteiger partial charge < -0.3 is 13.8 Å². The van der Waals surface area contributed by atoms with Gasteiger partial charge in [-0.2, -0.15) is 0 Å². The molecular weight excluding hydrogens is 412 g/mol. The van der Waals surface area contributed by atoms with Crippen molar-refractivity contribution in [2.75, 3.05) is 26.2 Å². The van der Waals surface area contributed by atoms with Crippen LogP contribution in [0, 0.1) is 20.8 Å². The third kappa shape index (κ3) is 3.77. The van der Waals surface area contributed by atoms with Gasteiger partial charge in [-0.05, 0) is 44.4 Å². The van der Waals surface area contributed by atoms with E-state index >= 15 is 0 Å². The van der Waals surface area contributed by atoms with Gasteiger partial charge in [-0.1, -0.05) is 11.2 Å². The molecule has 0 radical (unpaired) electrons. The Morgan fingerprint density at radius 2 is 1.97 bits per heavy atom. The molecule has 4 aromatic rings. The van der Waals surface area contributed by atoms with Gasteiger partial charge in [-0.3, -0.25) is 9.69 Å². The topological polar surface area (TPSA) is 75.6 Å². The number of thiophene rings is 1. The minimum absolute atomic E-state index is 0.00593. The van der Waals surface area contributed by atoms with Crippen molar-refractivity contribution in [3.8, 4) is 11.3 Å². The molecule has 5 heterocycles. The van der Waals surface area contributed by atoms with Crippen molar-refractivity contribution >= 4 is 28.3 Å². The van der Waals surface area contributed by atoms with E-state index in [1.807, 2.05) is 37.8 Å². The highest BCUT2D eigenvalue weighted by atomic mass is 32.1. The Morgan fingerprint density at radius 1 is 1.16 bits per heavy atom. The summed E-state index contributed by atoms with van der Waals surface area (Å²) >= 11 is 1.77. The minimum atomic E-state index is -0.00593. The highest BCUT2D eigenvalue weighted by Gasteiger charge is 2.27. The molecule has 0 bridgehead atoms. The fourth-order valence-electron chi connectivity index (χ4n) is 4.19. The molecule has 0 spiro atoms. The first-order valence-electron chi connectivity index (χ1n) is 10.4. The van der Waals surface area contributed by atoms with E-state index in [0.29, 0.717) is 41.1 Å². The second-order valence-electron chi connectivity index (χ2n) is 7.98. The number of furan rings is 1. The molecule has 5 rings (SSSR count). The molecule has 8 heteroatoms. The Kier molecular flexibility index (Phi) is 5.11. The molecule has 0 N–H and O–H groups in total. The van der Waals surface area contributed by atoms with Crippen molar-refractivity contribution in [3.05, 3.63) is 57.3 Å². The molecule has 1 aliphatic heterocycles. The lowest BCUT2D eigenvalue weighted by Gasteiger charge is -2.34. The maximum Gasteiger partial charge on any atom is 0.259 e. The first-order chi connectivity index (χ1) is 15.0. The zero-order chi connectivity index (χ0) is 21.5. The molecule has 7 nitrogen and oxygen atoms in total. The van der Waals surface area contributed by atoms with E-state index < -0.39 is 0 Å². The molecule has 4 aromatic heterocycles. The van der Waals surface area contributed by atoms with Crippen LogP contribution in [0.5, 0.6) is 0 Å². The molecular formula is C23H24N4O3S. The number of piperazine rings is 1. The Bertz CT molecular complexity index is 1230. The van der Waals surface area contributed by atoms with Crippen LogP contribution < -0.4 is 0 Å². The molecule has 1 amide bonds. The number of aryl methyl sites for hydroxylation is 3. The normalized spacial score (nSPS) is 15.1. The molecule has 1 saturated heterocycles. The van der Waals surface area contributed by atoms with Crippen molar-refractivity contribution in [1.29, 1.82) is 0 Å². The first-order valence-corrected chi connectivity index (χ1v) is 11.3. The number of fused-ring (bicyclic) bond motifs is 1. The minimum Gasteiger partial charge on any atom is -0.466 e. The molecule has 31 heavy (non-hydrogen) atoms. The maximum atomic E-state index is 13.6. The SMILES string of the molecule is Cc1cc(-c2cc(C(=O)N3CCN(Cc4cccs4)CC3)c3c(C)noc3n2)c(C)o1. The van der Waals surface area contributed by atoms with Gasteiger partial charge in [0.15, 0.2) is 0 Å².